The Bertz CT molecular complexity index is 1280. The predicted molar refractivity (Wildman–Crippen MR) is 151 cm³/mol. The van der Waals surface area contributed by atoms with Crippen molar-refractivity contribution in [1.82, 2.24) is 10.3 Å². The number of unbranched alkanes of at least 4 members (excludes halogenated alkanes) is 3. The zero-order chi connectivity index (χ0) is 26.7. The molecule has 0 aliphatic heterocycles. The molecule has 0 aliphatic carbocycles. The van der Waals surface area contributed by atoms with E-state index in [9.17, 15) is 13.2 Å². The Hall–Kier alpha value is -3.45. The second kappa shape index (κ2) is 13.2. The topological polar surface area (TPSA) is 88.2 Å². The monoisotopic (exact) mass is 519 g/mol. The van der Waals surface area contributed by atoms with Gasteiger partial charge in [-0.25, -0.2) is 8.42 Å². The van der Waals surface area contributed by atoms with Crippen LogP contribution in [-0.4, -0.2) is 25.9 Å². The van der Waals surface area contributed by atoms with Gasteiger partial charge in [0.25, 0.3) is 10.0 Å². The maximum atomic E-state index is 12.9. The second-order valence-corrected chi connectivity index (χ2v) is 11.8. The summed E-state index contributed by atoms with van der Waals surface area (Å²) in [6.45, 7) is 7.01. The molecule has 37 heavy (non-hydrogen) atoms. The standard InChI is InChI=1S/C30H37N3O3S/c1-30(2,3)26-15-17-27(18-16-26)33-37(35,36)28-13-8-11-24(22-28)10-6-4-5-7-21-32-29(34)19-14-25-12-9-20-31-23-25/h8-9,11-20,22-23,33H,4-7,10,21H2,1-3H3,(H,32,34)/b19-14+. The van der Waals surface area contributed by atoms with Crippen molar-refractivity contribution < 1.29 is 13.2 Å². The van der Waals surface area contributed by atoms with E-state index in [1.807, 2.05) is 42.5 Å². The third kappa shape index (κ3) is 9.50. The molecular weight excluding hydrogens is 482 g/mol. The largest absolute Gasteiger partial charge is 0.353 e. The molecule has 0 radical (unpaired) electrons. The molecule has 0 bridgehead atoms. The van der Waals surface area contributed by atoms with E-state index >= 15 is 0 Å². The average Bonchev–Trinajstić information content (AvgIpc) is 2.87. The van der Waals surface area contributed by atoms with Gasteiger partial charge < -0.3 is 5.32 Å². The summed E-state index contributed by atoms with van der Waals surface area (Å²) in [4.78, 5) is 16.2. The first-order chi connectivity index (χ1) is 17.6. The molecule has 3 rings (SSSR count). The first kappa shape index (κ1) is 28.1. The molecular formula is C30H37N3O3S. The van der Waals surface area contributed by atoms with Gasteiger partial charge in [0.05, 0.1) is 4.90 Å². The fraction of sp³-hybridized carbons (Fsp3) is 0.333. The van der Waals surface area contributed by atoms with Crippen LogP contribution in [0.5, 0.6) is 0 Å². The number of carbonyl (C=O) groups excluding carboxylic acids is 1. The zero-order valence-corrected chi connectivity index (χ0v) is 22.7. The molecule has 0 fully saturated rings. The highest BCUT2D eigenvalue weighted by molar-refractivity contribution is 7.92. The van der Waals surface area contributed by atoms with Gasteiger partial charge in [-0.1, -0.05) is 63.9 Å². The van der Waals surface area contributed by atoms with Crippen molar-refractivity contribution >= 4 is 27.7 Å². The lowest BCUT2D eigenvalue weighted by Crippen LogP contribution is -2.21. The highest BCUT2D eigenvalue weighted by Gasteiger charge is 2.16. The Morgan fingerprint density at radius 1 is 0.946 bits per heavy atom. The molecule has 6 nitrogen and oxygen atoms in total. The third-order valence-corrected chi connectivity index (χ3v) is 7.39. The number of carbonyl (C=O) groups is 1. The Balaban J connectivity index is 1.39. The average molecular weight is 520 g/mol. The first-order valence-electron chi connectivity index (χ1n) is 12.7. The lowest BCUT2D eigenvalue weighted by Gasteiger charge is -2.19. The summed E-state index contributed by atoms with van der Waals surface area (Å²) in [7, 11) is -3.66. The number of nitrogens with zero attached hydrogens (tertiary/aromatic N) is 1. The van der Waals surface area contributed by atoms with Gasteiger partial charge in [-0.3, -0.25) is 14.5 Å². The number of pyridine rings is 1. The number of amides is 1. The fourth-order valence-corrected chi connectivity index (χ4v) is 4.97. The van der Waals surface area contributed by atoms with E-state index in [-0.39, 0.29) is 16.2 Å². The predicted octanol–water partition coefficient (Wildman–Crippen LogP) is 6.11. The third-order valence-electron chi connectivity index (χ3n) is 6.01. The van der Waals surface area contributed by atoms with Crippen LogP contribution in [0, 0.1) is 0 Å². The number of benzene rings is 2. The molecule has 2 N–H and O–H groups in total. The van der Waals surface area contributed by atoms with Gasteiger partial charge in [0, 0.05) is 30.7 Å². The summed E-state index contributed by atoms with van der Waals surface area (Å²) < 4.78 is 28.5. The maximum absolute atomic E-state index is 12.9. The molecule has 7 heteroatoms. The van der Waals surface area contributed by atoms with Crippen LogP contribution in [0.4, 0.5) is 5.69 Å². The van der Waals surface area contributed by atoms with Crippen LogP contribution in [0.15, 0.2) is 84.0 Å². The number of hydrogen-bond donors (Lipinski definition) is 2. The number of aryl methyl sites for hydroxylation is 1. The number of sulfonamides is 1. The SMILES string of the molecule is CC(C)(C)c1ccc(NS(=O)(=O)c2cccc(CCCCCCNC(=O)/C=C/c3cccnc3)c2)cc1. The Kier molecular flexibility index (Phi) is 10.0. The van der Waals surface area contributed by atoms with Gasteiger partial charge in [0.2, 0.25) is 5.91 Å². The highest BCUT2D eigenvalue weighted by atomic mass is 32.2. The van der Waals surface area contributed by atoms with Crippen molar-refractivity contribution in [3.63, 3.8) is 0 Å². The Morgan fingerprint density at radius 2 is 1.70 bits per heavy atom. The smallest absolute Gasteiger partial charge is 0.261 e. The quantitative estimate of drug-likeness (QED) is 0.223. The molecule has 2 aromatic carbocycles. The molecule has 1 aromatic heterocycles. The van der Waals surface area contributed by atoms with Gasteiger partial charge in [-0.15, -0.1) is 0 Å². The number of nitrogens with one attached hydrogen (secondary N) is 2. The van der Waals surface area contributed by atoms with Crippen molar-refractivity contribution in [1.29, 1.82) is 0 Å². The minimum absolute atomic E-state index is 0.0115. The molecule has 0 unspecified atom stereocenters. The van der Waals surface area contributed by atoms with E-state index < -0.39 is 10.0 Å². The number of rotatable bonds is 12. The summed E-state index contributed by atoms with van der Waals surface area (Å²) in [6.07, 6.45) is 11.3. The Labute approximate surface area is 221 Å². The van der Waals surface area contributed by atoms with Gasteiger partial charge in [-0.05, 0) is 77.8 Å². The van der Waals surface area contributed by atoms with E-state index in [0.717, 1.165) is 48.8 Å². The van der Waals surface area contributed by atoms with Crippen LogP contribution in [0.1, 0.15) is 63.1 Å². The molecule has 0 saturated carbocycles. The highest BCUT2D eigenvalue weighted by Crippen LogP contribution is 2.25. The van der Waals surface area contributed by atoms with E-state index in [1.165, 1.54) is 6.08 Å². The van der Waals surface area contributed by atoms with E-state index in [0.29, 0.717) is 12.2 Å². The van der Waals surface area contributed by atoms with Crippen molar-refractivity contribution in [3.05, 3.63) is 95.8 Å². The minimum Gasteiger partial charge on any atom is -0.353 e. The van der Waals surface area contributed by atoms with Crippen LogP contribution < -0.4 is 10.0 Å². The van der Waals surface area contributed by atoms with E-state index in [4.69, 9.17) is 0 Å². The van der Waals surface area contributed by atoms with E-state index in [1.54, 1.807) is 36.7 Å². The van der Waals surface area contributed by atoms with Crippen molar-refractivity contribution in [2.24, 2.45) is 0 Å². The van der Waals surface area contributed by atoms with Gasteiger partial charge in [0.1, 0.15) is 0 Å². The summed E-state index contributed by atoms with van der Waals surface area (Å²) in [6, 6.07) is 18.4. The molecule has 0 spiro atoms. The van der Waals surface area contributed by atoms with Crippen molar-refractivity contribution in [2.75, 3.05) is 11.3 Å². The van der Waals surface area contributed by atoms with Crippen LogP contribution in [0.3, 0.4) is 0 Å². The van der Waals surface area contributed by atoms with Crippen molar-refractivity contribution in [2.45, 2.75) is 63.2 Å². The number of aromatic nitrogens is 1. The van der Waals surface area contributed by atoms with Gasteiger partial charge in [0.15, 0.2) is 0 Å². The molecule has 0 aliphatic rings. The Morgan fingerprint density at radius 3 is 2.41 bits per heavy atom. The normalized spacial score (nSPS) is 12.0. The van der Waals surface area contributed by atoms with Gasteiger partial charge in [-0.2, -0.15) is 0 Å². The van der Waals surface area contributed by atoms with Gasteiger partial charge >= 0.3 is 0 Å². The second-order valence-electron chi connectivity index (χ2n) is 10.2. The zero-order valence-electron chi connectivity index (χ0n) is 21.9. The number of hydrogen-bond acceptors (Lipinski definition) is 4. The van der Waals surface area contributed by atoms with Crippen molar-refractivity contribution in [3.8, 4) is 0 Å². The molecule has 1 heterocycles. The molecule has 196 valence electrons. The summed E-state index contributed by atoms with van der Waals surface area (Å²) in [5, 5.41) is 2.90. The lowest BCUT2D eigenvalue weighted by molar-refractivity contribution is -0.116. The van der Waals surface area contributed by atoms with Crippen LogP contribution in [0.25, 0.3) is 6.08 Å². The summed E-state index contributed by atoms with van der Waals surface area (Å²) >= 11 is 0. The molecule has 0 saturated heterocycles. The minimum atomic E-state index is -3.66. The maximum Gasteiger partial charge on any atom is 0.261 e. The van der Waals surface area contributed by atoms with Crippen LogP contribution in [0.2, 0.25) is 0 Å². The van der Waals surface area contributed by atoms with Crippen LogP contribution >= 0.6 is 0 Å². The molecule has 0 atom stereocenters. The van der Waals surface area contributed by atoms with E-state index in [2.05, 4.69) is 35.8 Å². The molecule has 3 aromatic rings. The summed E-state index contributed by atoms with van der Waals surface area (Å²) in [5.41, 5.74) is 3.60. The fourth-order valence-electron chi connectivity index (χ4n) is 3.85. The summed E-state index contributed by atoms with van der Waals surface area (Å²) in [5.74, 6) is -0.111. The number of anilines is 1. The molecule has 1 amide bonds. The lowest BCUT2D eigenvalue weighted by atomic mass is 9.87. The van der Waals surface area contributed by atoms with Crippen LogP contribution in [-0.2, 0) is 26.7 Å². The first-order valence-corrected chi connectivity index (χ1v) is 14.2.